The second-order valence-corrected chi connectivity index (χ2v) is 2.49. The Kier molecular flexibility index (Phi) is 1.47. The highest BCUT2D eigenvalue weighted by atomic mass is 35.5. The van der Waals surface area contributed by atoms with Crippen LogP contribution in [0.2, 0.25) is 5.15 Å². The number of rotatable bonds is 0. The molecule has 11 heavy (non-hydrogen) atoms. The zero-order chi connectivity index (χ0) is 7.68. The molecule has 1 heterocycles. The predicted molar refractivity (Wildman–Crippen MR) is 43.4 cm³/mol. The Hall–Kier alpha value is -1.15. The zero-order valence-electron chi connectivity index (χ0n) is 5.58. The van der Waals surface area contributed by atoms with E-state index in [0.717, 1.165) is 10.9 Å². The smallest absolute Gasteiger partial charge is 0.199 e. The molecule has 1 aromatic heterocycles. The fourth-order valence-corrected chi connectivity index (χ4v) is 1.13. The lowest BCUT2D eigenvalue weighted by Gasteiger charge is -1.94. The lowest BCUT2D eigenvalue weighted by molar-refractivity contribution is 1.20. The average molecular weight is 164 g/mol. The highest BCUT2D eigenvalue weighted by Gasteiger charge is 1.97. The second kappa shape index (κ2) is 2.47. The minimum Gasteiger partial charge on any atom is -0.225 e. The lowest BCUT2D eigenvalue weighted by atomic mass is 10.2. The number of nitrogens with zero attached hydrogens (tertiary/aromatic N) is 2. The maximum atomic E-state index is 5.77. The summed E-state index contributed by atoms with van der Waals surface area (Å²) in [6.07, 6.45) is 2.47. The van der Waals surface area contributed by atoms with E-state index in [1.165, 1.54) is 0 Å². The van der Waals surface area contributed by atoms with Gasteiger partial charge in [-0.3, -0.25) is 0 Å². The number of para-hydroxylation sites is 1. The first-order valence-corrected chi connectivity index (χ1v) is 3.54. The van der Waals surface area contributed by atoms with Gasteiger partial charge in [0.05, 0.1) is 5.52 Å². The number of hydrogen-bond acceptors (Lipinski definition) is 2. The summed E-state index contributed by atoms with van der Waals surface area (Å²) in [6.45, 7) is 0. The lowest BCUT2D eigenvalue weighted by Crippen LogP contribution is -1.82. The molecule has 3 heteroatoms. The highest BCUT2D eigenvalue weighted by molar-refractivity contribution is 6.33. The molecule has 0 N–H and O–H groups in total. The van der Waals surface area contributed by atoms with Gasteiger partial charge in [0, 0.05) is 5.39 Å². The molecule has 0 amide bonds. The van der Waals surface area contributed by atoms with Crippen molar-refractivity contribution in [2.45, 2.75) is 0 Å². The van der Waals surface area contributed by atoms with E-state index >= 15 is 0 Å². The molecule has 53 valence electrons. The van der Waals surface area contributed by atoms with Crippen LogP contribution in [0.1, 0.15) is 0 Å². The Labute approximate surface area is 68.9 Å². The predicted octanol–water partition coefficient (Wildman–Crippen LogP) is 2.08. The van der Waals surface area contributed by atoms with Gasteiger partial charge in [-0.1, -0.05) is 23.7 Å². The van der Waals surface area contributed by atoms with E-state index in [4.69, 9.17) is 11.6 Å². The van der Waals surface area contributed by atoms with Gasteiger partial charge in [0.25, 0.3) is 0 Å². The van der Waals surface area contributed by atoms with E-state index < -0.39 is 0 Å². The van der Waals surface area contributed by atoms with Crippen LogP contribution in [0.15, 0.2) is 24.3 Å². The van der Waals surface area contributed by atoms with Gasteiger partial charge < -0.3 is 0 Å². The summed E-state index contributed by atoms with van der Waals surface area (Å²) in [5, 5.41) is 1.32. The molecular weight excluding hydrogens is 160 g/mol. The number of hydrogen-bond donors (Lipinski definition) is 0. The largest absolute Gasteiger partial charge is 0.225 e. The van der Waals surface area contributed by atoms with E-state index in [-0.39, 0.29) is 0 Å². The molecule has 0 aliphatic heterocycles. The SMILES string of the molecule is Clc1n[c]nc2ccccc12. The number of benzene rings is 1. The van der Waals surface area contributed by atoms with Crippen LogP contribution in [0, 0.1) is 6.33 Å². The molecule has 0 unspecified atom stereocenters. The maximum absolute atomic E-state index is 5.77. The van der Waals surface area contributed by atoms with Crippen molar-refractivity contribution in [2.75, 3.05) is 0 Å². The van der Waals surface area contributed by atoms with Crippen molar-refractivity contribution >= 4 is 22.5 Å². The van der Waals surface area contributed by atoms with Crippen LogP contribution in [0.3, 0.4) is 0 Å². The number of fused-ring (bicyclic) bond motifs is 1. The van der Waals surface area contributed by atoms with E-state index in [0.29, 0.717) is 5.15 Å². The van der Waals surface area contributed by atoms with Crippen LogP contribution in [0.5, 0.6) is 0 Å². The van der Waals surface area contributed by atoms with Gasteiger partial charge in [0.15, 0.2) is 6.33 Å². The third-order valence-corrected chi connectivity index (χ3v) is 1.73. The zero-order valence-corrected chi connectivity index (χ0v) is 6.34. The van der Waals surface area contributed by atoms with E-state index in [1.54, 1.807) is 0 Å². The molecule has 0 aliphatic carbocycles. The fourth-order valence-electron chi connectivity index (χ4n) is 0.929. The standard InChI is InChI=1S/C8H4ClN2/c9-8-6-3-1-2-4-7(6)10-5-11-8/h1-4H. The topological polar surface area (TPSA) is 25.8 Å². The summed E-state index contributed by atoms with van der Waals surface area (Å²) in [7, 11) is 0. The van der Waals surface area contributed by atoms with Crippen molar-refractivity contribution in [3.05, 3.63) is 35.7 Å². The summed E-state index contributed by atoms with van der Waals surface area (Å²) in [5.41, 5.74) is 0.826. The molecule has 0 fully saturated rings. The highest BCUT2D eigenvalue weighted by Crippen LogP contribution is 2.17. The van der Waals surface area contributed by atoms with E-state index in [9.17, 15) is 0 Å². The molecule has 1 radical (unpaired) electrons. The van der Waals surface area contributed by atoms with Crippen LogP contribution in [0.4, 0.5) is 0 Å². The first kappa shape index (κ1) is 6.55. The quantitative estimate of drug-likeness (QED) is 0.556. The Morgan fingerprint density at radius 3 is 2.82 bits per heavy atom. The van der Waals surface area contributed by atoms with Crippen molar-refractivity contribution in [1.29, 1.82) is 0 Å². The van der Waals surface area contributed by atoms with Crippen molar-refractivity contribution in [2.24, 2.45) is 0 Å². The van der Waals surface area contributed by atoms with Gasteiger partial charge in [-0.05, 0) is 12.1 Å². The van der Waals surface area contributed by atoms with Crippen LogP contribution < -0.4 is 0 Å². The Balaban J connectivity index is 2.91. The summed E-state index contributed by atoms with van der Waals surface area (Å²) in [6, 6.07) is 7.56. The van der Waals surface area contributed by atoms with Gasteiger partial charge in [-0.2, -0.15) is 0 Å². The molecule has 0 saturated carbocycles. The van der Waals surface area contributed by atoms with Crippen molar-refractivity contribution in [3.8, 4) is 0 Å². The molecule has 2 rings (SSSR count). The number of aromatic nitrogens is 2. The van der Waals surface area contributed by atoms with E-state index in [2.05, 4.69) is 16.3 Å². The molecule has 0 spiro atoms. The van der Waals surface area contributed by atoms with Gasteiger partial charge in [0.2, 0.25) is 0 Å². The van der Waals surface area contributed by atoms with Crippen LogP contribution in [0.25, 0.3) is 10.9 Å². The average Bonchev–Trinajstić information content (AvgIpc) is 2.06. The molecule has 0 atom stereocenters. The Bertz CT molecular complexity index is 381. The maximum Gasteiger partial charge on any atom is 0.199 e. The molecule has 0 bridgehead atoms. The molecular formula is C8H4ClN2. The van der Waals surface area contributed by atoms with Crippen LogP contribution in [-0.4, -0.2) is 9.97 Å². The van der Waals surface area contributed by atoms with Gasteiger partial charge in [-0.25, -0.2) is 9.97 Å². The summed E-state index contributed by atoms with van der Waals surface area (Å²) >= 11 is 5.77. The normalized spacial score (nSPS) is 10.3. The summed E-state index contributed by atoms with van der Waals surface area (Å²) < 4.78 is 0. The molecule has 1 aromatic carbocycles. The van der Waals surface area contributed by atoms with Gasteiger partial charge in [-0.15, -0.1) is 0 Å². The van der Waals surface area contributed by atoms with Crippen LogP contribution in [-0.2, 0) is 0 Å². The molecule has 0 saturated heterocycles. The van der Waals surface area contributed by atoms with Crippen molar-refractivity contribution in [3.63, 3.8) is 0 Å². The number of halogens is 1. The minimum atomic E-state index is 0.454. The van der Waals surface area contributed by atoms with Crippen molar-refractivity contribution < 1.29 is 0 Å². The molecule has 2 aromatic rings. The monoisotopic (exact) mass is 163 g/mol. The molecule has 0 aliphatic rings. The Morgan fingerprint density at radius 2 is 2.00 bits per heavy atom. The third-order valence-electron chi connectivity index (χ3n) is 1.44. The molecule has 2 nitrogen and oxygen atoms in total. The second-order valence-electron chi connectivity index (χ2n) is 2.13. The van der Waals surface area contributed by atoms with Gasteiger partial charge in [0.1, 0.15) is 5.15 Å². The van der Waals surface area contributed by atoms with Crippen LogP contribution >= 0.6 is 11.6 Å². The first-order valence-electron chi connectivity index (χ1n) is 3.16. The third kappa shape index (κ3) is 1.05. The Morgan fingerprint density at radius 1 is 1.18 bits per heavy atom. The van der Waals surface area contributed by atoms with Gasteiger partial charge >= 0.3 is 0 Å². The minimum absolute atomic E-state index is 0.454. The summed E-state index contributed by atoms with van der Waals surface area (Å²) in [4.78, 5) is 7.66. The summed E-state index contributed by atoms with van der Waals surface area (Å²) in [5.74, 6) is 0. The fraction of sp³-hybridized carbons (Fsp3) is 0. The van der Waals surface area contributed by atoms with Crippen molar-refractivity contribution in [1.82, 2.24) is 9.97 Å². The first-order chi connectivity index (χ1) is 5.38. The van der Waals surface area contributed by atoms with E-state index in [1.807, 2.05) is 24.3 Å².